The van der Waals surface area contributed by atoms with Gasteiger partial charge in [0.2, 0.25) is 11.8 Å². The molecule has 1 aromatic heterocycles. The van der Waals surface area contributed by atoms with Crippen molar-refractivity contribution in [3.8, 4) is 17.2 Å². The summed E-state index contributed by atoms with van der Waals surface area (Å²) >= 11 is 0. The highest BCUT2D eigenvalue weighted by molar-refractivity contribution is 5.82. The van der Waals surface area contributed by atoms with E-state index in [4.69, 9.17) is 5.26 Å². The molecule has 2 unspecified atom stereocenters. The minimum Gasteiger partial charge on any atom is -0.481 e. The SMILES string of the molecule is N#Cc1ccc(-c2cncc(C(CC(=O)O)NC(=O)C3CCCN(C(=O)CCC4CCNCC4)C3)c2)cc1F. The Kier molecular flexibility index (Phi) is 9.60. The zero-order valence-corrected chi connectivity index (χ0v) is 21.9. The first-order chi connectivity index (χ1) is 18.8. The molecule has 0 aliphatic carbocycles. The van der Waals surface area contributed by atoms with E-state index in [-0.39, 0.29) is 23.8 Å². The fourth-order valence-electron chi connectivity index (χ4n) is 5.38. The van der Waals surface area contributed by atoms with Crippen LogP contribution in [0, 0.1) is 29.0 Å². The smallest absolute Gasteiger partial charge is 0.305 e. The molecule has 0 bridgehead atoms. The van der Waals surface area contributed by atoms with Crippen LogP contribution in [0.4, 0.5) is 4.39 Å². The van der Waals surface area contributed by atoms with Crippen LogP contribution in [0.25, 0.3) is 11.1 Å². The minimum absolute atomic E-state index is 0.0691. The van der Waals surface area contributed by atoms with Gasteiger partial charge >= 0.3 is 5.97 Å². The Morgan fingerprint density at radius 1 is 1.18 bits per heavy atom. The number of pyridine rings is 1. The van der Waals surface area contributed by atoms with E-state index in [1.54, 1.807) is 23.1 Å². The second-order valence-electron chi connectivity index (χ2n) is 10.4. The minimum atomic E-state index is -1.09. The van der Waals surface area contributed by atoms with Crippen LogP contribution in [0.15, 0.2) is 36.7 Å². The second kappa shape index (κ2) is 13.3. The third kappa shape index (κ3) is 7.60. The van der Waals surface area contributed by atoms with E-state index in [1.807, 2.05) is 0 Å². The maximum atomic E-state index is 14.2. The predicted molar refractivity (Wildman–Crippen MR) is 142 cm³/mol. The number of carbonyl (C=O) groups excluding carboxylic acids is 2. The van der Waals surface area contributed by atoms with Crippen molar-refractivity contribution in [2.45, 2.75) is 51.0 Å². The highest BCUT2D eigenvalue weighted by Crippen LogP contribution is 2.27. The summed E-state index contributed by atoms with van der Waals surface area (Å²) in [5.74, 6) is -1.86. The van der Waals surface area contributed by atoms with Crippen molar-refractivity contribution in [2.24, 2.45) is 11.8 Å². The number of halogens is 1. The number of piperidine rings is 2. The first-order valence-corrected chi connectivity index (χ1v) is 13.5. The van der Waals surface area contributed by atoms with Crippen LogP contribution in [0.2, 0.25) is 0 Å². The summed E-state index contributed by atoms with van der Waals surface area (Å²) in [4.78, 5) is 43.7. The molecule has 206 valence electrons. The Balaban J connectivity index is 1.42. The van der Waals surface area contributed by atoms with Crippen molar-refractivity contribution < 1.29 is 23.9 Å². The summed E-state index contributed by atoms with van der Waals surface area (Å²) in [5.41, 5.74) is 1.40. The molecule has 2 atom stereocenters. The van der Waals surface area contributed by atoms with Crippen LogP contribution in [0.1, 0.15) is 62.1 Å². The number of likely N-dealkylation sites (tertiary alicyclic amines) is 1. The number of aliphatic carboxylic acids is 1. The number of aromatic nitrogens is 1. The number of carboxylic acid groups (broad SMARTS) is 1. The van der Waals surface area contributed by atoms with Gasteiger partial charge in [0.15, 0.2) is 0 Å². The summed E-state index contributed by atoms with van der Waals surface area (Å²) in [6.07, 6.45) is 7.47. The van der Waals surface area contributed by atoms with Gasteiger partial charge in [-0.2, -0.15) is 5.26 Å². The normalized spacial score (nSPS) is 18.7. The van der Waals surface area contributed by atoms with Gasteiger partial charge in [-0.25, -0.2) is 4.39 Å². The Bertz CT molecular complexity index is 1240. The first kappa shape index (κ1) is 28.2. The fourth-order valence-corrected chi connectivity index (χ4v) is 5.38. The summed E-state index contributed by atoms with van der Waals surface area (Å²) < 4.78 is 14.2. The van der Waals surface area contributed by atoms with Gasteiger partial charge in [-0.1, -0.05) is 6.07 Å². The molecule has 3 heterocycles. The van der Waals surface area contributed by atoms with Crippen molar-refractivity contribution in [3.63, 3.8) is 0 Å². The number of hydrogen-bond acceptors (Lipinski definition) is 6. The van der Waals surface area contributed by atoms with Crippen molar-refractivity contribution in [1.82, 2.24) is 20.5 Å². The van der Waals surface area contributed by atoms with E-state index in [1.165, 1.54) is 24.5 Å². The molecule has 2 aromatic rings. The van der Waals surface area contributed by atoms with E-state index >= 15 is 0 Å². The molecule has 39 heavy (non-hydrogen) atoms. The summed E-state index contributed by atoms with van der Waals surface area (Å²) in [6.45, 7) is 2.93. The van der Waals surface area contributed by atoms with E-state index in [9.17, 15) is 23.9 Å². The Morgan fingerprint density at radius 2 is 1.97 bits per heavy atom. The number of carboxylic acids is 1. The molecule has 10 heteroatoms. The van der Waals surface area contributed by atoms with Crippen LogP contribution in [0.3, 0.4) is 0 Å². The molecule has 0 radical (unpaired) electrons. The molecule has 2 saturated heterocycles. The molecule has 1 aromatic carbocycles. The molecule has 3 N–H and O–H groups in total. The Morgan fingerprint density at radius 3 is 2.69 bits per heavy atom. The zero-order valence-electron chi connectivity index (χ0n) is 21.9. The molecule has 0 spiro atoms. The first-order valence-electron chi connectivity index (χ1n) is 13.5. The standard InChI is InChI=1S/C29H34FN5O4/c30-25-13-20(4-5-21(25)15-31)23-12-24(17-33-16-23)26(14-28(37)38)34-29(39)22-2-1-11-35(18-22)27(36)6-3-19-7-9-32-10-8-19/h4-5,12-13,16-17,19,22,26,32H,1-3,6-11,14,18H2,(H,34,39)(H,37,38). The highest BCUT2D eigenvalue weighted by atomic mass is 19.1. The maximum Gasteiger partial charge on any atom is 0.305 e. The molecular weight excluding hydrogens is 501 g/mol. The van der Waals surface area contributed by atoms with Gasteiger partial charge in [0.05, 0.1) is 23.9 Å². The molecular formula is C29H34FN5O4. The van der Waals surface area contributed by atoms with E-state index in [2.05, 4.69) is 15.6 Å². The lowest BCUT2D eigenvalue weighted by atomic mass is 9.92. The number of hydrogen-bond donors (Lipinski definition) is 3. The highest BCUT2D eigenvalue weighted by Gasteiger charge is 2.31. The Labute approximate surface area is 227 Å². The average Bonchev–Trinajstić information content (AvgIpc) is 2.96. The fraction of sp³-hybridized carbons (Fsp3) is 0.483. The number of benzene rings is 1. The number of nitrogens with one attached hydrogen (secondary N) is 2. The van der Waals surface area contributed by atoms with Gasteiger partial charge < -0.3 is 20.6 Å². The third-order valence-corrected chi connectivity index (χ3v) is 7.65. The summed E-state index contributed by atoms with van der Waals surface area (Å²) in [6, 6.07) is 6.78. The molecule has 2 aliphatic rings. The number of rotatable bonds is 9. The number of amides is 2. The molecule has 9 nitrogen and oxygen atoms in total. The average molecular weight is 536 g/mol. The third-order valence-electron chi connectivity index (χ3n) is 7.65. The van der Waals surface area contributed by atoms with Crippen molar-refractivity contribution >= 4 is 17.8 Å². The van der Waals surface area contributed by atoms with Gasteiger partial charge in [0.1, 0.15) is 11.9 Å². The molecule has 2 aliphatic heterocycles. The molecule has 4 rings (SSSR count). The lowest BCUT2D eigenvalue weighted by Gasteiger charge is -2.33. The largest absolute Gasteiger partial charge is 0.481 e. The van der Waals surface area contributed by atoms with E-state index in [0.717, 1.165) is 32.4 Å². The predicted octanol–water partition coefficient (Wildman–Crippen LogP) is 3.41. The summed E-state index contributed by atoms with van der Waals surface area (Å²) in [7, 11) is 0. The lowest BCUT2D eigenvalue weighted by molar-refractivity contribution is -0.138. The van der Waals surface area contributed by atoms with Crippen molar-refractivity contribution in [2.75, 3.05) is 26.2 Å². The van der Waals surface area contributed by atoms with Crippen molar-refractivity contribution in [3.05, 3.63) is 53.6 Å². The Hall–Kier alpha value is -3.84. The van der Waals surface area contributed by atoms with Crippen molar-refractivity contribution in [1.29, 1.82) is 5.26 Å². The van der Waals surface area contributed by atoms with Gasteiger partial charge in [-0.15, -0.1) is 0 Å². The van der Waals surface area contributed by atoms with E-state index in [0.29, 0.717) is 55.0 Å². The van der Waals surface area contributed by atoms with Gasteiger partial charge in [0.25, 0.3) is 0 Å². The van der Waals surface area contributed by atoms with Crippen LogP contribution in [-0.2, 0) is 14.4 Å². The van der Waals surface area contributed by atoms with Crippen LogP contribution < -0.4 is 10.6 Å². The van der Waals surface area contributed by atoms with Crippen LogP contribution >= 0.6 is 0 Å². The van der Waals surface area contributed by atoms with Gasteiger partial charge in [-0.3, -0.25) is 19.4 Å². The van der Waals surface area contributed by atoms with Crippen LogP contribution in [0.5, 0.6) is 0 Å². The zero-order chi connectivity index (χ0) is 27.8. The second-order valence-corrected chi connectivity index (χ2v) is 10.4. The lowest BCUT2D eigenvalue weighted by Crippen LogP contribution is -2.46. The van der Waals surface area contributed by atoms with Gasteiger partial charge in [0, 0.05) is 37.5 Å². The van der Waals surface area contributed by atoms with E-state index < -0.39 is 23.7 Å². The molecule has 0 saturated carbocycles. The summed E-state index contributed by atoms with van der Waals surface area (Å²) in [5, 5.41) is 24.7. The van der Waals surface area contributed by atoms with Gasteiger partial charge in [-0.05, 0) is 80.4 Å². The molecule has 2 fully saturated rings. The molecule has 2 amide bonds. The number of nitrogens with zero attached hydrogens (tertiary/aromatic N) is 3. The number of carbonyl (C=O) groups is 3. The van der Waals surface area contributed by atoms with Crippen LogP contribution in [-0.4, -0.2) is 59.0 Å². The maximum absolute atomic E-state index is 14.2. The topological polar surface area (TPSA) is 135 Å². The quantitative estimate of drug-likeness (QED) is 0.448. The number of nitriles is 1. The monoisotopic (exact) mass is 535 g/mol.